The lowest BCUT2D eigenvalue weighted by atomic mass is 10.1. The number of benzene rings is 1. The van der Waals surface area contributed by atoms with E-state index in [1.165, 1.54) is 14.2 Å². The monoisotopic (exact) mass is 361 g/mol. The SMILES string of the molecule is CCOc1ncccc1NC(=O)NCc1ccc(OC)c(OC)c1OC. The van der Waals surface area contributed by atoms with Gasteiger partial charge < -0.3 is 29.6 Å². The van der Waals surface area contributed by atoms with Crippen molar-refractivity contribution in [3.8, 4) is 23.1 Å². The maximum atomic E-state index is 12.2. The molecular formula is C18H23N3O5. The molecule has 0 bridgehead atoms. The lowest BCUT2D eigenvalue weighted by Crippen LogP contribution is -2.28. The van der Waals surface area contributed by atoms with Gasteiger partial charge in [0, 0.05) is 18.3 Å². The molecule has 0 saturated carbocycles. The number of anilines is 1. The number of amides is 2. The first kappa shape index (κ1) is 19.2. The van der Waals surface area contributed by atoms with Crippen molar-refractivity contribution in [1.82, 2.24) is 10.3 Å². The summed E-state index contributed by atoms with van der Waals surface area (Å²) in [6, 6.07) is 6.60. The first-order chi connectivity index (χ1) is 12.6. The Morgan fingerprint density at radius 2 is 1.85 bits per heavy atom. The van der Waals surface area contributed by atoms with Crippen LogP contribution in [0, 0.1) is 0 Å². The van der Waals surface area contributed by atoms with Crippen LogP contribution in [0.3, 0.4) is 0 Å². The third kappa shape index (κ3) is 4.47. The van der Waals surface area contributed by atoms with Crippen molar-refractivity contribution in [1.29, 1.82) is 0 Å². The second kappa shape index (κ2) is 9.36. The predicted molar refractivity (Wildman–Crippen MR) is 97.4 cm³/mol. The largest absolute Gasteiger partial charge is 0.493 e. The smallest absolute Gasteiger partial charge is 0.319 e. The van der Waals surface area contributed by atoms with Gasteiger partial charge in [-0.1, -0.05) is 0 Å². The highest BCUT2D eigenvalue weighted by molar-refractivity contribution is 5.90. The van der Waals surface area contributed by atoms with Gasteiger partial charge in [0.1, 0.15) is 5.69 Å². The summed E-state index contributed by atoms with van der Waals surface area (Å²) in [6.07, 6.45) is 1.60. The molecule has 2 amide bonds. The summed E-state index contributed by atoms with van der Waals surface area (Å²) in [5, 5.41) is 5.49. The second-order valence-electron chi connectivity index (χ2n) is 5.09. The standard InChI is InChI=1S/C18H23N3O5/c1-5-26-17-13(7-6-10-19-17)21-18(22)20-11-12-8-9-14(23-2)16(25-4)15(12)24-3/h6-10H,5,11H2,1-4H3,(H2,20,21,22). The Kier molecular flexibility index (Phi) is 6.90. The van der Waals surface area contributed by atoms with Crippen molar-refractivity contribution in [2.75, 3.05) is 33.3 Å². The van der Waals surface area contributed by atoms with Crippen LogP contribution in [0.15, 0.2) is 30.5 Å². The lowest BCUT2D eigenvalue weighted by molar-refractivity contribution is 0.251. The highest BCUT2D eigenvalue weighted by Crippen LogP contribution is 2.39. The molecule has 2 N–H and O–H groups in total. The van der Waals surface area contributed by atoms with Gasteiger partial charge in [-0.15, -0.1) is 0 Å². The van der Waals surface area contributed by atoms with E-state index in [1.807, 2.05) is 6.92 Å². The van der Waals surface area contributed by atoms with Crippen LogP contribution in [-0.2, 0) is 6.54 Å². The third-order valence-electron chi connectivity index (χ3n) is 3.53. The molecule has 1 heterocycles. The Morgan fingerprint density at radius 3 is 2.50 bits per heavy atom. The minimum Gasteiger partial charge on any atom is -0.493 e. The number of hydrogen-bond donors (Lipinski definition) is 2. The molecule has 1 aromatic carbocycles. The van der Waals surface area contributed by atoms with Crippen molar-refractivity contribution in [3.05, 3.63) is 36.0 Å². The van der Waals surface area contributed by atoms with Crippen molar-refractivity contribution < 1.29 is 23.7 Å². The molecule has 0 atom stereocenters. The van der Waals surface area contributed by atoms with Gasteiger partial charge in [-0.2, -0.15) is 0 Å². The molecule has 0 aliphatic rings. The first-order valence-electron chi connectivity index (χ1n) is 8.05. The number of carbonyl (C=O) groups is 1. The number of aromatic nitrogens is 1. The fraction of sp³-hybridized carbons (Fsp3) is 0.333. The van der Waals surface area contributed by atoms with E-state index in [-0.39, 0.29) is 6.54 Å². The fourth-order valence-electron chi connectivity index (χ4n) is 2.38. The fourth-order valence-corrected chi connectivity index (χ4v) is 2.38. The van der Waals surface area contributed by atoms with E-state index in [2.05, 4.69) is 15.6 Å². The van der Waals surface area contributed by atoms with E-state index in [4.69, 9.17) is 18.9 Å². The average molecular weight is 361 g/mol. The van der Waals surface area contributed by atoms with Crippen LogP contribution in [0.4, 0.5) is 10.5 Å². The van der Waals surface area contributed by atoms with Crippen molar-refractivity contribution in [2.45, 2.75) is 13.5 Å². The second-order valence-corrected chi connectivity index (χ2v) is 5.09. The number of rotatable bonds is 8. The van der Waals surface area contributed by atoms with E-state index in [1.54, 1.807) is 37.6 Å². The average Bonchev–Trinajstić information content (AvgIpc) is 2.67. The zero-order valence-electron chi connectivity index (χ0n) is 15.3. The van der Waals surface area contributed by atoms with Crippen molar-refractivity contribution in [2.24, 2.45) is 0 Å². The number of urea groups is 1. The number of carbonyl (C=O) groups excluding carboxylic acids is 1. The van der Waals surface area contributed by atoms with E-state index < -0.39 is 6.03 Å². The highest BCUT2D eigenvalue weighted by Gasteiger charge is 2.16. The molecule has 0 aliphatic heterocycles. The maximum Gasteiger partial charge on any atom is 0.319 e. The van der Waals surface area contributed by atoms with E-state index in [0.29, 0.717) is 35.4 Å². The van der Waals surface area contributed by atoms with Crippen LogP contribution in [0.2, 0.25) is 0 Å². The molecule has 8 heteroatoms. The molecule has 0 fully saturated rings. The normalized spacial score (nSPS) is 10.0. The summed E-state index contributed by atoms with van der Waals surface area (Å²) in [5.74, 6) is 1.90. The van der Waals surface area contributed by atoms with Crippen LogP contribution in [0.25, 0.3) is 0 Å². The number of nitrogens with one attached hydrogen (secondary N) is 2. The molecule has 0 unspecified atom stereocenters. The maximum absolute atomic E-state index is 12.2. The predicted octanol–water partition coefficient (Wildman–Crippen LogP) is 2.83. The van der Waals surface area contributed by atoms with Crippen molar-refractivity contribution >= 4 is 11.7 Å². The first-order valence-corrected chi connectivity index (χ1v) is 8.05. The molecule has 2 rings (SSSR count). The topological polar surface area (TPSA) is 90.9 Å². The zero-order chi connectivity index (χ0) is 18.9. The van der Waals surface area contributed by atoms with Gasteiger partial charge in [0.2, 0.25) is 11.6 Å². The van der Waals surface area contributed by atoms with Gasteiger partial charge in [0.15, 0.2) is 11.5 Å². The lowest BCUT2D eigenvalue weighted by Gasteiger charge is -2.16. The quantitative estimate of drug-likeness (QED) is 0.751. The summed E-state index contributed by atoms with van der Waals surface area (Å²) < 4.78 is 21.4. The van der Waals surface area contributed by atoms with Gasteiger partial charge in [-0.05, 0) is 31.2 Å². The number of pyridine rings is 1. The Bertz CT molecular complexity index is 752. The molecule has 0 spiro atoms. The summed E-state index contributed by atoms with van der Waals surface area (Å²) in [7, 11) is 4.61. The third-order valence-corrected chi connectivity index (χ3v) is 3.53. The van der Waals surface area contributed by atoms with E-state index in [0.717, 1.165) is 5.56 Å². The van der Waals surface area contributed by atoms with Crippen LogP contribution < -0.4 is 29.6 Å². The van der Waals surface area contributed by atoms with E-state index in [9.17, 15) is 4.79 Å². The summed E-state index contributed by atoms with van der Waals surface area (Å²) >= 11 is 0. The zero-order valence-corrected chi connectivity index (χ0v) is 15.3. The minimum atomic E-state index is -0.393. The molecular weight excluding hydrogens is 338 g/mol. The van der Waals surface area contributed by atoms with E-state index >= 15 is 0 Å². The number of nitrogens with zero attached hydrogens (tertiary/aromatic N) is 1. The van der Waals surface area contributed by atoms with Crippen LogP contribution in [0.5, 0.6) is 23.1 Å². The number of hydrogen-bond acceptors (Lipinski definition) is 6. The minimum absolute atomic E-state index is 0.236. The number of methoxy groups -OCH3 is 3. The van der Waals surface area contributed by atoms with Gasteiger partial charge in [0.25, 0.3) is 0 Å². The molecule has 26 heavy (non-hydrogen) atoms. The molecule has 0 radical (unpaired) electrons. The molecule has 2 aromatic rings. The molecule has 8 nitrogen and oxygen atoms in total. The summed E-state index contributed by atoms with van der Waals surface area (Å²) in [4.78, 5) is 16.3. The Labute approximate surface area is 152 Å². The Balaban J connectivity index is 2.08. The Morgan fingerprint density at radius 1 is 1.08 bits per heavy atom. The van der Waals surface area contributed by atoms with Crippen LogP contribution >= 0.6 is 0 Å². The van der Waals surface area contributed by atoms with Gasteiger partial charge >= 0.3 is 6.03 Å². The van der Waals surface area contributed by atoms with Gasteiger partial charge in [-0.3, -0.25) is 0 Å². The highest BCUT2D eigenvalue weighted by atomic mass is 16.5. The van der Waals surface area contributed by atoms with Crippen molar-refractivity contribution in [3.63, 3.8) is 0 Å². The molecule has 0 aliphatic carbocycles. The number of ether oxygens (including phenoxy) is 4. The van der Waals surface area contributed by atoms with Gasteiger partial charge in [0.05, 0.1) is 27.9 Å². The van der Waals surface area contributed by atoms with Crippen LogP contribution in [0.1, 0.15) is 12.5 Å². The molecule has 1 aromatic heterocycles. The summed E-state index contributed by atoms with van der Waals surface area (Å²) in [5.41, 5.74) is 1.24. The Hall–Kier alpha value is -3.16. The molecule has 0 saturated heterocycles. The van der Waals surface area contributed by atoms with Crippen LogP contribution in [-0.4, -0.2) is 39.0 Å². The molecule has 140 valence electrons. The summed E-state index contributed by atoms with van der Waals surface area (Å²) in [6.45, 7) is 2.54. The van der Waals surface area contributed by atoms with Gasteiger partial charge in [-0.25, -0.2) is 9.78 Å².